The average Bonchev–Trinajstić information content (AvgIpc) is 2.84. The molecule has 0 unspecified atom stereocenters. The minimum absolute atomic E-state index is 0.0547. The highest BCUT2D eigenvalue weighted by molar-refractivity contribution is 7.19. The Morgan fingerprint density at radius 1 is 1.27 bits per heavy atom. The molecule has 0 N–H and O–H groups in total. The van der Waals surface area contributed by atoms with Crippen molar-refractivity contribution in [3.8, 4) is 17.2 Å². The molecule has 0 atom stereocenters. The van der Waals surface area contributed by atoms with Crippen LogP contribution in [0.1, 0.15) is 17.1 Å². The van der Waals surface area contributed by atoms with Crippen LogP contribution in [0.5, 0.6) is 0 Å². The largest absolute Gasteiger partial charge is 0.295 e. The van der Waals surface area contributed by atoms with Crippen LogP contribution in [0.25, 0.3) is 21.3 Å². The first-order chi connectivity index (χ1) is 10.6. The lowest BCUT2D eigenvalue weighted by molar-refractivity contribution is 0.653. The maximum atomic E-state index is 12.9. The van der Waals surface area contributed by atoms with Gasteiger partial charge >= 0.3 is 0 Å². The summed E-state index contributed by atoms with van der Waals surface area (Å²) in [6, 6.07) is 12.0. The summed E-state index contributed by atoms with van der Waals surface area (Å²) in [5, 5.41) is 9.44. The van der Waals surface area contributed by atoms with Crippen molar-refractivity contribution in [1.29, 1.82) is 5.26 Å². The number of hydrogen-bond acceptors (Lipinski definition) is 4. The molecule has 0 bridgehead atoms. The molecule has 0 saturated heterocycles. The smallest absolute Gasteiger partial charge is 0.262 e. The van der Waals surface area contributed by atoms with E-state index in [-0.39, 0.29) is 5.56 Å². The van der Waals surface area contributed by atoms with Gasteiger partial charge in [0.25, 0.3) is 5.56 Å². The zero-order valence-corrected chi connectivity index (χ0v) is 13.3. The lowest BCUT2D eigenvalue weighted by atomic mass is 10.0. The number of hydrogen-bond donors (Lipinski definition) is 0. The minimum Gasteiger partial charge on any atom is -0.295 e. The van der Waals surface area contributed by atoms with Gasteiger partial charge in [0.2, 0.25) is 0 Å². The van der Waals surface area contributed by atoms with Crippen LogP contribution in [0.3, 0.4) is 0 Å². The molecule has 0 amide bonds. The topological polar surface area (TPSA) is 58.7 Å². The third-order valence-corrected chi connectivity index (χ3v) is 4.69. The molecule has 1 aromatic carbocycles. The highest BCUT2D eigenvalue weighted by atomic mass is 32.1. The molecule has 0 aliphatic heterocycles. The van der Waals surface area contributed by atoms with E-state index in [9.17, 15) is 4.79 Å². The molecular weight excluding hydrogens is 294 g/mol. The van der Waals surface area contributed by atoms with E-state index in [1.165, 1.54) is 0 Å². The lowest BCUT2D eigenvalue weighted by Gasteiger charge is -2.08. The van der Waals surface area contributed by atoms with Gasteiger partial charge in [0.05, 0.1) is 17.9 Å². The van der Waals surface area contributed by atoms with E-state index >= 15 is 0 Å². The van der Waals surface area contributed by atoms with Gasteiger partial charge in [0.1, 0.15) is 10.7 Å². The summed E-state index contributed by atoms with van der Waals surface area (Å²) in [6.07, 6.45) is 0.303. The summed E-state index contributed by atoms with van der Waals surface area (Å²) in [7, 11) is 0. The summed E-state index contributed by atoms with van der Waals surface area (Å²) in [6.45, 7) is 4.21. The van der Waals surface area contributed by atoms with Crippen LogP contribution in [0.15, 0.2) is 35.1 Å². The van der Waals surface area contributed by atoms with Crippen molar-refractivity contribution >= 4 is 21.6 Å². The van der Waals surface area contributed by atoms with Gasteiger partial charge in [0, 0.05) is 17.0 Å². The predicted octanol–water partition coefficient (Wildman–Crippen LogP) is 3.66. The Labute approximate surface area is 132 Å². The fourth-order valence-corrected chi connectivity index (χ4v) is 3.76. The Balaban J connectivity index is 2.33. The van der Waals surface area contributed by atoms with E-state index in [0.717, 1.165) is 20.8 Å². The average molecular weight is 309 g/mol. The van der Waals surface area contributed by atoms with Gasteiger partial charge in [-0.2, -0.15) is 5.26 Å². The molecular formula is C17H15N3OS. The van der Waals surface area contributed by atoms with Crippen molar-refractivity contribution in [2.75, 3.05) is 0 Å². The highest BCUT2D eigenvalue weighted by Gasteiger charge is 2.18. The Morgan fingerprint density at radius 3 is 2.68 bits per heavy atom. The zero-order valence-electron chi connectivity index (χ0n) is 12.5. The second kappa shape index (κ2) is 5.74. The summed E-state index contributed by atoms with van der Waals surface area (Å²) in [5.41, 5.74) is 1.94. The Hall–Kier alpha value is -2.45. The van der Waals surface area contributed by atoms with Gasteiger partial charge in [-0.05, 0) is 19.4 Å². The molecule has 0 aliphatic rings. The van der Waals surface area contributed by atoms with Crippen LogP contribution in [0, 0.1) is 25.2 Å². The van der Waals surface area contributed by atoms with Crippen LogP contribution in [-0.4, -0.2) is 9.55 Å². The van der Waals surface area contributed by atoms with E-state index in [4.69, 9.17) is 5.26 Å². The zero-order chi connectivity index (χ0) is 15.7. The summed E-state index contributed by atoms with van der Waals surface area (Å²) in [4.78, 5) is 19.3. The van der Waals surface area contributed by atoms with E-state index in [1.807, 2.05) is 44.2 Å². The molecule has 0 spiro atoms. The SMILES string of the molecule is Cc1sc2nc(C)n(CCC#N)c(=O)c2c1-c1ccccc1. The molecule has 5 heteroatoms. The number of aryl methyl sites for hydroxylation is 2. The predicted molar refractivity (Wildman–Crippen MR) is 89.0 cm³/mol. The van der Waals surface area contributed by atoms with Gasteiger partial charge in [-0.1, -0.05) is 30.3 Å². The Morgan fingerprint density at radius 2 is 2.00 bits per heavy atom. The van der Waals surface area contributed by atoms with Crippen LogP contribution in [0.2, 0.25) is 0 Å². The van der Waals surface area contributed by atoms with Crippen molar-refractivity contribution in [2.45, 2.75) is 26.8 Å². The molecule has 0 saturated carbocycles. The van der Waals surface area contributed by atoms with Crippen molar-refractivity contribution in [2.24, 2.45) is 0 Å². The third kappa shape index (κ3) is 2.32. The molecule has 0 fully saturated rings. The van der Waals surface area contributed by atoms with Gasteiger partial charge in [-0.3, -0.25) is 9.36 Å². The molecule has 2 aromatic heterocycles. The van der Waals surface area contributed by atoms with E-state index in [1.54, 1.807) is 15.9 Å². The van der Waals surface area contributed by atoms with Gasteiger partial charge in [-0.15, -0.1) is 11.3 Å². The molecule has 0 aliphatic carbocycles. The fraction of sp³-hybridized carbons (Fsp3) is 0.235. The van der Waals surface area contributed by atoms with Crippen molar-refractivity contribution in [1.82, 2.24) is 9.55 Å². The third-order valence-electron chi connectivity index (χ3n) is 3.69. The molecule has 2 heterocycles. The first-order valence-corrected chi connectivity index (χ1v) is 7.88. The number of benzene rings is 1. The number of nitriles is 1. The quantitative estimate of drug-likeness (QED) is 0.742. The van der Waals surface area contributed by atoms with Crippen LogP contribution < -0.4 is 5.56 Å². The standard InChI is InChI=1S/C17H15N3OS/c1-11-14(13-7-4-3-5-8-13)15-16(22-11)19-12(2)20(17(15)21)10-6-9-18/h3-5,7-8H,6,10H2,1-2H3. The van der Waals surface area contributed by atoms with Crippen LogP contribution in [-0.2, 0) is 6.54 Å². The number of thiophene rings is 1. The number of rotatable bonds is 3. The fourth-order valence-electron chi connectivity index (χ4n) is 2.67. The van der Waals surface area contributed by atoms with E-state index < -0.39 is 0 Å². The van der Waals surface area contributed by atoms with Gasteiger partial charge in [0.15, 0.2) is 0 Å². The number of fused-ring (bicyclic) bond motifs is 1. The maximum Gasteiger partial charge on any atom is 0.262 e. The molecule has 4 nitrogen and oxygen atoms in total. The molecule has 22 heavy (non-hydrogen) atoms. The van der Waals surface area contributed by atoms with Gasteiger partial charge in [-0.25, -0.2) is 4.98 Å². The Bertz CT molecular complexity index is 932. The molecule has 3 aromatic rings. The van der Waals surface area contributed by atoms with E-state index in [0.29, 0.717) is 24.2 Å². The first-order valence-electron chi connectivity index (χ1n) is 7.06. The molecule has 3 rings (SSSR count). The summed E-state index contributed by atoms with van der Waals surface area (Å²) < 4.78 is 1.60. The highest BCUT2D eigenvalue weighted by Crippen LogP contribution is 2.35. The maximum absolute atomic E-state index is 12.9. The van der Waals surface area contributed by atoms with E-state index in [2.05, 4.69) is 11.1 Å². The number of aromatic nitrogens is 2. The van der Waals surface area contributed by atoms with Crippen molar-refractivity contribution < 1.29 is 0 Å². The summed E-state index contributed by atoms with van der Waals surface area (Å²) in [5.74, 6) is 0.661. The Kier molecular flexibility index (Phi) is 3.78. The second-order valence-corrected chi connectivity index (χ2v) is 6.31. The van der Waals surface area contributed by atoms with Crippen LogP contribution >= 0.6 is 11.3 Å². The van der Waals surface area contributed by atoms with Crippen LogP contribution in [0.4, 0.5) is 0 Å². The van der Waals surface area contributed by atoms with Crippen molar-refractivity contribution in [3.63, 3.8) is 0 Å². The molecule has 0 radical (unpaired) electrons. The lowest BCUT2D eigenvalue weighted by Crippen LogP contribution is -2.23. The van der Waals surface area contributed by atoms with Gasteiger partial charge < -0.3 is 0 Å². The summed E-state index contributed by atoms with van der Waals surface area (Å²) >= 11 is 1.55. The first kappa shape index (κ1) is 14.5. The number of nitrogens with zero attached hydrogens (tertiary/aromatic N) is 3. The normalized spacial score (nSPS) is 10.8. The minimum atomic E-state index is -0.0547. The monoisotopic (exact) mass is 309 g/mol. The second-order valence-electron chi connectivity index (χ2n) is 5.10. The molecule has 110 valence electrons. The van der Waals surface area contributed by atoms with Crippen molar-refractivity contribution in [3.05, 3.63) is 51.4 Å².